The van der Waals surface area contributed by atoms with Crippen LogP contribution in [0.3, 0.4) is 0 Å². The van der Waals surface area contributed by atoms with E-state index in [9.17, 15) is 8.42 Å². The fourth-order valence-corrected chi connectivity index (χ4v) is 4.82. The van der Waals surface area contributed by atoms with Gasteiger partial charge in [0.2, 0.25) is 10.0 Å². The summed E-state index contributed by atoms with van der Waals surface area (Å²) in [5.41, 5.74) is 1.78. The van der Waals surface area contributed by atoms with Gasteiger partial charge in [-0.25, -0.2) is 18.4 Å². The molecule has 27 heavy (non-hydrogen) atoms. The summed E-state index contributed by atoms with van der Waals surface area (Å²) in [7, 11) is -3.61. The van der Waals surface area contributed by atoms with Crippen LogP contribution in [0.15, 0.2) is 41.6 Å². The number of nitriles is 1. The van der Waals surface area contributed by atoms with Crippen molar-refractivity contribution in [1.82, 2.24) is 19.3 Å². The van der Waals surface area contributed by atoms with Gasteiger partial charge in [-0.3, -0.25) is 0 Å². The predicted octanol–water partition coefficient (Wildman–Crippen LogP) is 1.65. The summed E-state index contributed by atoms with van der Waals surface area (Å²) in [5, 5.41) is 9.75. The molecule has 8 nitrogen and oxygen atoms in total. The van der Waals surface area contributed by atoms with Crippen molar-refractivity contribution in [2.45, 2.75) is 11.8 Å². The van der Waals surface area contributed by atoms with E-state index in [0.717, 1.165) is 5.56 Å². The van der Waals surface area contributed by atoms with Crippen molar-refractivity contribution in [3.05, 3.63) is 47.9 Å². The Kier molecular flexibility index (Phi) is 4.30. The first kappa shape index (κ1) is 17.5. The first-order valence-electron chi connectivity index (χ1n) is 8.55. The van der Waals surface area contributed by atoms with Gasteiger partial charge in [0.05, 0.1) is 0 Å². The van der Waals surface area contributed by atoms with E-state index in [2.05, 4.69) is 21.0 Å². The van der Waals surface area contributed by atoms with E-state index in [1.165, 1.54) is 10.5 Å². The summed E-state index contributed by atoms with van der Waals surface area (Å²) < 4.78 is 27.6. The Balaban J connectivity index is 1.54. The summed E-state index contributed by atoms with van der Waals surface area (Å²) in [4.78, 5) is 13.7. The van der Waals surface area contributed by atoms with Gasteiger partial charge in [0.25, 0.3) is 0 Å². The number of H-pyrrole nitrogens is 1. The third-order valence-electron chi connectivity index (χ3n) is 4.78. The number of aromatic amines is 1. The first-order chi connectivity index (χ1) is 13.0. The van der Waals surface area contributed by atoms with Crippen molar-refractivity contribution < 1.29 is 8.42 Å². The minimum atomic E-state index is -3.61. The Hall–Kier alpha value is -2.96. The molecule has 0 saturated carbocycles. The molecule has 0 unspecified atom stereocenters. The van der Waals surface area contributed by atoms with E-state index in [4.69, 9.17) is 5.26 Å². The predicted molar refractivity (Wildman–Crippen MR) is 101 cm³/mol. The Morgan fingerprint density at radius 1 is 1.19 bits per heavy atom. The zero-order valence-corrected chi connectivity index (χ0v) is 15.6. The van der Waals surface area contributed by atoms with Crippen molar-refractivity contribution >= 4 is 26.9 Å². The first-order valence-corrected chi connectivity index (χ1v) is 9.99. The highest BCUT2D eigenvalue weighted by Crippen LogP contribution is 2.26. The second-order valence-corrected chi connectivity index (χ2v) is 8.30. The van der Waals surface area contributed by atoms with E-state index in [-0.39, 0.29) is 4.90 Å². The van der Waals surface area contributed by atoms with E-state index >= 15 is 0 Å². The molecule has 1 fully saturated rings. The number of pyridine rings is 2. The standard InChI is InChI=1S/C18H18N6O2S/c1-13-4-5-17(22-15(13)11-19)23-7-9-24(10-8-23)27(25,26)16-12-21-18-14(16)3-2-6-20-18/h2-6,12H,7-10H2,1H3,(H,20,21). The summed E-state index contributed by atoms with van der Waals surface area (Å²) in [6.45, 7) is 3.58. The molecule has 0 bridgehead atoms. The highest BCUT2D eigenvalue weighted by molar-refractivity contribution is 7.89. The molecule has 138 valence electrons. The number of rotatable bonds is 3. The number of nitrogens with one attached hydrogen (secondary N) is 1. The Labute approximate surface area is 157 Å². The smallest absolute Gasteiger partial charge is 0.245 e. The summed E-state index contributed by atoms with van der Waals surface area (Å²) in [6.07, 6.45) is 3.12. The largest absolute Gasteiger partial charge is 0.354 e. The molecule has 0 spiro atoms. The van der Waals surface area contributed by atoms with Crippen LogP contribution < -0.4 is 4.90 Å². The molecule has 4 heterocycles. The molecule has 3 aromatic rings. The summed E-state index contributed by atoms with van der Waals surface area (Å²) >= 11 is 0. The molecule has 4 rings (SSSR count). The third kappa shape index (κ3) is 3.03. The lowest BCUT2D eigenvalue weighted by atomic mass is 10.2. The van der Waals surface area contributed by atoms with Crippen LogP contribution in [0.4, 0.5) is 5.82 Å². The van der Waals surface area contributed by atoms with Gasteiger partial charge in [-0.05, 0) is 30.7 Å². The molecule has 1 saturated heterocycles. The number of hydrogen-bond donors (Lipinski definition) is 1. The number of nitrogens with zero attached hydrogens (tertiary/aromatic N) is 5. The highest BCUT2D eigenvalue weighted by Gasteiger charge is 2.31. The second-order valence-electron chi connectivity index (χ2n) is 6.39. The number of anilines is 1. The van der Waals surface area contributed by atoms with Gasteiger partial charge in [-0.15, -0.1) is 0 Å². The van der Waals surface area contributed by atoms with Gasteiger partial charge in [0, 0.05) is 44.0 Å². The minimum Gasteiger partial charge on any atom is -0.354 e. The van der Waals surface area contributed by atoms with Gasteiger partial charge in [0.15, 0.2) is 0 Å². The van der Waals surface area contributed by atoms with E-state index in [0.29, 0.717) is 48.7 Å². The molecule has 0 radical (unpaired) electrons. The van der Waals surface area contributed by atoms with Crippen LogP contribution in [0.2, 0.25) is 0 Å². The second kappa shape index (κ2) is 6.64. The fourth-order valence-electron chi connectivity index (χ4n) is 3.25. The molecule has 1 aliphatic rings. The van der Waals surface area contributed by atoms with Gasteiger partial charge < -0.3 is 9.88 Å². The maximum atomic E-state index is 13.1. The molecule has 0 atom stereocenters. The molecular formula is C18H18N6O2S. The number of hydrogen-bond acceptors (Lipinski definition) is 6. The van der Waals surface area contributed by atoms with Crippen LogP contribution in [0.1, 0.15) is 11.3 Å². The number of piperazine rings is 1. The minimum absolute atomic E-state index is 0.249. The lowest BCUT2D eigenvalue weighted by molar-refractivity contribution is 0.384. The topological polar surface area (TPSA) is 106 Å². The van der Waals surface area contributed by atoms with Crippen LogP contribution in [0.25, 0.3) is 11.0 Å². The average Bonchev–Trinajstić information content (AvgIpc) is 3.13. The number of fused-ring (bicyclic) bond motifs is 1. The maximum Gasteiger partial charge on any atom is 0.245 e. The molecule has 1 N–H and O–H groups in total. The van der Waals surface area contributed by atoms with Crippen molar-refractivity contribution in [3.8, 4) is 6.07 Å². The lowest BCUT2D eigenvalue weighted by Crippen LogP contribution is -2.48. The van der Waals surface area contributed by atoms with Crippen molar-refractivity contribution in [3.63, 3.8) is 0 Å². The van der Waals surface area contributed by atoms with Crippen LogP contribution in [0, 0.1) is 18.3 Å². The van der Waals surface area contributed by atoms with E-state index in [1.807, 2.05) is 24.0 Å². The van der Waals surface area contributed by atoms with E-state index in [1.54, 1.807) is 18.3 Å². The summed E-state index contributed by atoms with van der Waals surface area (Å²) in [6, 6.07) is 9.30. The zero-order chi connectivity index (χ0) is 19.0. The summed E-state index contributed by atoms with van der Waals surface area (Å²) in [5.74, 6) is 0.700. The van der Waals surface area contributed by atoms with Crippen molar-refractivity contribution in [2.24, 2.45) is 0 Å². The fraction of sp³-hybridized carbons (Fsp3) is 0.278. The molecule has 0 aliphatic carbocycles. The number of aryl methyl sites for hydroxylation is 1. The van der Waals surface area contributed by atoms with Crippen LogP contribution in [-0.4, -0.2) is 53.9 Å². The van der Waals surface area contributed by atoms with Crippen LogP contribution in [-0.2, 0) is 10.0 Å². The molecule has 0 aromatic carbocycles. The highest BCUT2D eigenvalue weighted by atomic mass is 32.2. The molecule has 3 aromatic heterocycles. The number of aromatic nitrogens is 3. The van der Waals surface area contributed by atoms with Gasteiger partial charge >= 0.3 is 0 Å². The zero-order valence-electron chi connectivity index (χ0n) is 14.8. The van der Waals surface area contributed by atoms with Gasteiger partial charge in [-0.1, -0.05) is 6.07 Å². The van der Waals surface area contributed by atoms with Gasteiger partial charge in [0.1, 0.15) is 28.1 Å². The Morgan fingerprint density at radius 3 is 2.70 bits per heavy atom. The van der Waals surface area contributed by atoms with Crippen LogP contribution in [0.5, 0.6) is 0 Å². The quantitative estimate of drug-likeness (QED) is 0.738. The van der Waals surface area contributed by atoms with Crippen molar-refractivity contribution in [1.29, 1.82) is 5.26 Å². The molecule has 9 heteroatoms. The average molecular weight is 382 g/mol. The lowest BCUT2D eigenvalue weighted by Gasteiger charge is -2.34. The molecular weight excluding hydrogens is 364 g/mol. The maximum absolute atomic E-state index is 13.1. The Morgan fingerprint density at radius 2 is 1.96 bits per heavy atom. The van der Waals surface area contributed by atoms with Gasteiger partial charge in [-0.2, -0.15) is 9.57 Å². The van der Waals surface area contributed by atoms with Crippen LogP contribution >= 0.6 is 0 Å². The Bertz CT molecular complexity index is 1140. The van der Waals surface area contributed by atoms with Crippen molar-refractivity contribution in [2.75, 3.05) is 31.1 Å². The third-order valence-corrected chi connectivity index (χ3v) is 6.72. The SMILES string of the molecule is Cc1ccc(N2CCN(S(=O)(=O)c3c[nH]c4ncccc34)CC2)nc1C#N. The number of sulfonamides is 1. The van der Waals surface area contributed by atoms with E-state index < -0.39 is 10.0 Å². The molecule has 0 amide bonds. The molecule has 1 aliphatic heterocycles. The normalized spacial score (nSPS) is 15.8. The monoisotopic (exact) mass is 382 g/mol.